The molecule has 0 bridgehead atoms. The molecule has 2 N–H and O–H groups in total. The van der Waals surface area contributed by atoms with E-state index in [1.807, 2.05) is 6.92 Å². The molecule has 0 atom stereocenters. The zero-order valence-corrected chi connectivity index (χ0v) is 10.5. The molecule has 0 heterocycles. The summed E-state index contributed by atoms with van der Waals surface area (Å²) in [5.41, 5.74) is 9.02. The summed E-state index contributed by atoms with van der Waals surface area (Å²) in [5.74, 6) is -0.189. The van der Waals surface area contributed by atoms with Crippen LogP contribution < -0.4 is 5.73 Å². The van der Waals surface area contributed by atoms with E-state index < -0.39 is 0 Å². The van der Waals surface area contributed by atoms with Crippen molar-refractivity contribution < 1.29 is 4.39 Å². The standard InChI is InChI=1S/C13H14FN.CH5N/c1-8-5-4-6-10-9(2)11(14)7-12(15-3)13(8)10;1-2/h7H,1,3-6H2,2H3;2H2,1H3. The molecule has 1 aliphatic carbocycles. The molecule has 17 heavy (non-hydrogen) atoms. The molecule has 92 valence electrons. The van der Waals surface area contributed by atoms with Gasteiger partial charge in [0.25, 0.3) is 0 Å². The Hall–Kier alpha value is -1.48. The van der Waals surface area contributed by atoms with Crippen LogP contribution in [0.1, 0.15) is 29.5 Å². The molecule has 0 saturated heterocycles. The van der Waals surface area contributed by atoms with Gasteiger partial charge in [0.1, 0.15) is 5.82 Å². The van der Waals surface area contributed by atoms with E-state index in [-0.39, 0.29) is 5.82 Å². The Bertz CT molecular complexity index is 450. The first-order chi connectivity index (χ1) is 8.15. The van der Waals surface area contributed by atoms with E-state index in [0.717, 1.165) is 41.5 Å². The highest BCUT2D eigenvalue weighted by atomic mass is 19.1. The largest absolute Gasteiger partial charge is 0.333 e. The lowest BCUT2D eigenvalue weighted by Gasteiger charge is -2.22. The molecule has 0 aromatic heterocycles. The van der Waals surface area contributed by atoms with Crippen molar-refractivity contribution in [2.45, 2.75) is 26.2 Å². The molecule has 0 fully saturated rings. The third-order valence-electron chi connectivity index (χ3n) is 3.06. The van der Waals surface area contributed by atoms with Gasteiger partial charge in [-0.3, -0.25) is 4.99 Å². The lowest BCUT2D eigenvalue weighted by Crippen LogP contribution is -2.05. The minimum atomic E-state index is -0.189. The average molecular weight is 234 g/mol. The smallest absolute Gasteiger partial charge is 0.128 e. The summed E-state index contributed by atoms with van der Waals surface area (Å²) in [5, 5.41) is 0. The topological polar surface area (TPSA) is 38.4 Å². The van der Waals surface area contributed by atoms with Crippen LogP contribution in [-0.4, -0.2) is 13.8 Å². The van der Waals surface area contributed by atoms with Gasteiger partial charge in [0.2, 0.25) is 0 Å². The van der Waals surface area contributed by atoms with Gasteiger partial charge in [0.15, 0.2) is 0 Å². The second-order valence-corrected chi connectivity index (χ2v) is 3.97. The van der Waals surface area contributed by atoms with Crippen molar-refractivity contribution in [1.29, 1.82) is 0 Å². The molecule has 2 rings (SSSR count). The lowest BCUT2D eigenvalue weighted by atomic mass is 9.84. The first-order valence-corrected chi connectivity index (χ1v) is 5.69. The zero-order valence-electron chi connectivity index (χ0n) is 10.5. The fourth-order valence-electron chi connectivity index (χ4n) is 2.22. The van der Waals surface area contributed by atoms with E-state index in [4.69, 9.17) is 0 Å². The maximum Gasteiger partial charge on any atom is 0.128 e. The molecule has 0 unspecified atom stereocenters. The van der Waals surface area contributed by atoms with Crippen molar-refractivity contribution in [2.24, 2.45) is 10.7 Å². The van der Waals surface area contributed by atoms with E-state index >= 15 is 0 Å². The van der Waals surface area contributed by atoms with Gasteiger partial charge < -0.3 is 5.73 Å². The first-order valence-electron chi connectivity index (χ1n) is 5.69. The number of hydrogen-bond donors (Lipinski definition) is 1. The predicted molar refractivity (Wildman–Crippen MR) is 72.4 cm³/mol. The molecule has 0 spiro atoms. The van der Waals surface area contributed by atoms with E-state index in [0.29, 0.717) is 5.69 Å². The van der Waals surface area contributed by atoms with Crippen molar-refractivity contribution in [3.63, 3.8) is 0 Å². The number of hydrogen-bond acceptors (Lipinski definition) is 2. The molecular weight excluding hydrogens is 215 g/mol. The number of nitrogens with zero attached hydrogens (tertiary/aromatic N) is 1. The minimum absolute atomic E-state index is 0.189. The van der Waals surface area contributed by atoms with Gasteiger partial charge >= 0.3 is 0 Å². The molecule has 1 aromatic carbocycles. The fourth-order valence-corrected chi connectivity index (χ4v) is 2.22. The minimum Gasteiger partial charge on any atom is -0.333 e. The highest BCUT2D eigenvalue weighted by Crippen LogP contribution is 2.38. The Balaban J connectivity index is 0.000000686. The van der Waals surface area contributed by atoms with Crippen molar-refractivity contribution in [3.05, 3.63) is 35.2 Å². The zero-order chi connectivity index (χ0) is 13.0. The van der Waals surface area contributed by atoms with Crippen molar-refractivity contribution in [1.82, 2.24) is 0 Å². The van der Waals surface area contributed by atoms with Crippen LogP contribution in [0.5, 0.6) is 0 Å². The van der Waals surface area contributed by atoms with E-state index in [2.05, 4.69) is 24.0 Å². The maximum absolute atomic E-state index is 13.6. The normalized spacial score (nSPS) is 13.5. The molecular formula is C14H19FN2. The summed E-state index contributed by atoms with van der Waals surface area (Å²) in [6, 6.07) is 1.46. The highest BCUT2D eigenvalue weighted by Gasteiger charge is 2.20. The maximum atomic E-state index is 13.6. The third-order valence-corrected chi connectivity index (χ3v) is 3.06. The van der Waals surface area contributed by atoms with Crippen LogP contribution in [0.4, 0.5) is 10.1 Å². The Kier molecular flexibility index (Phi) is 4.58. The van der Waals surface area contributed by atoms with Crippen LogP contribution in [0, 0.1) is 12.7 Å². The van der Waals surface area contributed by atoms with Crippen molar-refractivity contribution >= 4 is 18.0 Å². The number of fused-ring (bicyclic) bond motifs is 1. The summed E-state index contributed by atoms with van der Waals surface area (Å²) >= 11 is 0. The van der Waals surface area contributed by atoms with Crippen LogP contribution in [0.25, 0.3) is 5.57 Å². The predicted octanol–water partition coefficient (Wildman–Crippen LogP) is 3.39. The quantitative estimate of drug-likeness (QED) is 0.743. The Morgan fingerprint density at radius 3 is 2.59 bits per heavy atom. The second-order valence-electron chi connectivity index (χ2n) is 3.97. The summed E-state index contributed by atoms with van der Waals surface area (Å²) in [4.78, 5) is 3.89. The van der Waals surface area contributed by atoms with Gasteiger partial charge in [-0.2, -0.15) is 0 Å². The summed E-state index contributed by atoms with van der Waals surface area (Å²) < 4.78 is 13.6. The lowest BCUT2D eigenvalue weighted by molar-refractivity contribution is 0.613. The number of halogens is 1. The molecule has 0 radical (unpaired) electrons. The van der Waals surface area contributed by atoms with Gasteiger partial charge in [-0.05, 0) is 56.7 Å². The summed E-state index contributed by atoms with van der Waals surface area (Å²) in [7, 11) is 1.50. The van der Waals surface area contributed by atoms with Crippen molar-refractivity contribution in [2.75, 3.05) is 7.05 Å². The Morgan fingerprint density at radius 1 is 1.35 bits per heavy atom. The number of rotatable bonds is 1. The monoisotopic (exact) mass is 234 g/mol. The van der Waals surface area contributed by atoms with Crippen LogP contribution in [-0.2, 0) is 6.42 Å². The summed E-state index contributed by atoms with van der Waals surface area (Å²) in [6.45, 7) is 9.33. The van der Waals surface area contributed by atoms with Gasteiger partial charge in [-0.15, -0.1) is 0 Å². The molecule has 2 nitrogen and oxygen atoms in total. The number of allylic oxidation sites excluding steroid dienone is 1. The highest BCUT2D eigenvalue weighted by molar-refractivity contribution is 5.79. The molecule has 0 amide bonds. The second kappa shape index (κ2) is 5.73. The van der Waals surface area contributed by atoms with Gasteiger partial charge in [0, 0.05) is 11.6 Å². The Labute approximate surface area is 102 Å². The third kappa shape index (κ3) is 2.44. The van der Waals surface area contributed by atoms with Gasteiger partial charge in [0.05, 0.1) is 5.69 Å². The SMILES string of the molecule is C=Nc1cc(F)c(C)c2c1C(=C)CCC2.CN. The van der Waals surface area contributed by atoms with Crippen LogP contribution in [0.2, 0.25) is 0 Å². The van der Waals surface area contributed by atoms with Crippen LogP contribution >= 0.6 is 0 Å². The van der Waals surface area contributed by atoms with E-state index in [9.17, 15) is 4.39 Å². The molecule has 0 saturated carbocycles. The number of aliphatic imine (C=N–C) groups is 1. The number of benzene rings is 1. The fraction of sp³-hybridized carbons (Fsp3) is 0.357. The Morgan fingerprint density at radius 2 is 2.00 bits per heavy atom. The van der Waals surface area contributed by atoms with E-state index in [1.54, 1.807) is 0 Å². The van der Waals surface area contributed by atoms with Gasteiger partial charge in [-0.1, -0.05) is 6.58 Å². The first kappa shape index (κ1) is 13.6. The van der Waals surface area contributed by atoms with Crippen LogP contribution in [0.3, 0.4) is 0 Å². The molecule has 1 aliphatic rings. The average Bonchev–Trinajstić information content (AvgIpc) is 2.36. The molecule has 1 aromatic rings. The van der Waals surface area contributed by atoms with Crippen LogP contribution in [0.15, 0.2) is 17.6 Å². The summed E-state index contributed by atoms with van der Waals surface area (Å²) in [6.07, 6.45) is 2.94. The van der Waals surface area contributed by atoms with E-state index in [1.165, 1.54) is 13.1 Å². The molecule has 3 heteroatoms. The van der Waals surface area contributed by atoms with Gasteiger partial charge in [-0.25, -0.2) is 4.39 Å². The number of nitrogens with two attached hydrogens (primary N) is 1. The van der Waals surface area contributed by atoms with Crippen molar-refractivity contribution in [3.8, 4) is 0 Å². The molecule has 0 aliphatic heterocycles.